The summed E-state index contributed by atoms with van der Waals surface area (Å²) in [5.41, 5.74) is 0. The maximum absolute atomic E-state index is 11.7. The highest BCUT2D eigenvalue weighted by atomic mass is 79.9. The predicted octanol–water partition coefficient (Wildman–Crippen LogP) is 3.54. The molecule has 4 heteroatoms. The molecule has 18 heavy (non-hydrogen) atoms. The molecule has 0 N–H and O–H groups in total. The second-order valence-corrected chi connectivity index (χ2v) is 6.56. The molecule has 0 spiro atoms. The standard InChI is InChI=1S/C14H25BrO3/c1-4-17-14(16)11-8-12(15)13(9-11)18-7-5-6-10(2)3/h10-13H,4-9H2,1-3H3. The molecule has 1 saturated carbocycles. The third kappa shape index (κ3) is 5.27. The van der Waals surface area contributed by atoms with Crippen molar-refractivity contribution in [1.29, 1.82) is 0 Å². The number of carbonyl (C=O) groups is 1. The Morgan fingerprint density at radius 2 is 2.11 bits per heavy atom. The zero-order valence-corrected chi connectivity index (χ0v) is 13.2. The Morgan fingerprint density at radius 1 is 1.39 bits per heavy atom. The lowest BCUT2D eigenvalue weighted by Crippen LogP contribution is -2.19. The van der Waals surface area contributed by atoms with Crippen molar-refractivity contribution < 1.29 is 14.3 Å². The molecule has 0 amide bonds. The smallest absolute Gasteiger partial charge is 0.309 e. The van der Waals surface area contributed by atoms with Gasteiger partial charge in [-0.3, -0.25) is 4.79 Å². The zero-order chi connectivity index (χ0) is 13.5. The van der Waals surface area contributed by atoms with Gasteiger partial charge in [-0.15, -0.1) is 0 Å². The molecule has 0 aromatic carbocycles. The van der Waals surface area contributed by atoms with Gasteiger partial charge in [-0.05, 0) is 38.5 Å². The first kappa shape index (κ1) is 16.0. The summed E-state index contributed by atoms with van der Waals surface area (Å²) >= 11 is 3.61. The fourth-order valence-corrected chi connectivity index (χ4v) is 3.12. The molecule has 1 aliphatic carbocycles. The van der Waals surface area contributed by atoms with Gasteiger partial charge in [-0.2, -0.15) is 0 Å². The number of alkyl halides is 1. The highest BCUT2D eigenvalue weighted by Gasteiger charge is 2.37. The van der Waals surface area contributed by atoms with Gasteiger partial charge in [0.1, 0.15) is 0 Å². The first-order valence-corrected chi connectivity index (χ1v) is 7.88. The van der Waals surface area contributed by atoms with Gasteiger partial charge in [0, 0.05) is 11.4 Å². The first-order valence-electron chi connectivity index (χ1n) is 6.96. The van der Waals surface area contributed by atoms with Crippen molar-refractivity contribution in [2.75, 3.05) is 13.2 Å². The Kier molecular flexibility index (Phi) is 7.23. The zero-order valence-electron chi connectivity index (χ0n) is 11.7. The van der Waals surface area contributed by atoms with Gasteiger partial charge >= 0.3 is 5.97 Å². The van der Waals surface area contributed by atoms with E-state index in [4.69, 9.17) is 9.47 Å². The van der Waals surface area contributed by atoms with E-state index in [1.165, 1.54) is 6.42 Å². The van der Waals surface area contributed by atoms with E-state index in [1.807, 2.05) is 6.92 Å². The van der Waals surface area contributed by atoms with Gasteiger partial charge in [0.05, 0.1) is 18.6 Å². The van der Waals surface area contributed by atoms with Crippen molar-refractivity contribution in [2.45, 2.75) is 57.4 Å². The maximum atomic E-state index is 11.7. The molecule has 3 atom stereocenters. The van der Waals surface area contributed by atoms with E-state index in [2.05, 4.69) is 29.8 Å². The Bertz CT molecular complexity index is 255. The summed E-state index contributed by atoms with van der Waals surface area (Å²) in [6, 6.07) is 0. The topological polar surface area (TPSA) is 35.5 Å². The van der Waals surface area contributed by atoms with E-state index in [9.17, 15) is 4.79 Å². The van der Waals surface area contributed by atoms with Crippen LogP contribution in [-0.4, -0.2) is 30.1 Å². The second-order valence-electron chi connectivity index (χ2n) is 5.38. The second kappa shape index (κ2) is 8.16. The van der Waals surface area contributed by atoms with Crippen LogP contribution in [0.5, 0.6) is 0 Å². The summed E-state index contributed by atoms with van der Waals surface area (Å²) in [6.07, 6.45) is 4.06. The van der Waals surface area contributed by atoms with Crippen LogP contribution in [0.3, 0.4) is 0 Å². The summed E-state index contributed by atoms with van der Waals surface area (Å²) in [7, 11) is 0. The molecule has 106 valence electrons. The molecule has 0 saturated heterocycles. The molecule has 0 aromatic rings. The highest BCUT2D eigenvalue weighted by molar-refractivity contribution is 9.09. The van der Waals surface area contributed by atoms with Crippen LogP contribution in [0.25, 0.3) is 0 Å². The van der Waals surface area contributed by atoms with Crippen LogP contribution in [0.1, 0.15) is 46.5 Å². The Hall–Kier alpha value is -0.0900. The van der Waals surface area contributed by atoms with Gasteiger partial charge in [0.25, 0.3) is 0 Å². The molecule has 1 aliphatic rings. The average Bonchev–Trinajstić information content (AvgIpc) is 2.67. The van der Waals surface area contributed by atoms with E-state index < -0.39 is 0 Å². The number of hydrogen-bond donors (Lipinski definition) is 0. The highest BCUT2D eigenvalue weighted by Crippen LogP contribution is 2.34. The van der Waals surface area contributed by atoms with Gasteiger partial charge in [-0.25, -0.2) is 0 Å². The third-order valence-corrected chi connectivity index (χ3v) is 4.27. The molecule has 1 rings (SSSR count). The Balaban J connectivity index is 2.25. The fourth-order valence-electron chi connectivity index (χ4n) is 2.30. The monoisotopic (exact) mass is 320 g/mol. The third-order valence-electron chi connectivity index (χ3n) is 3.31. The van der Waals surface area contributed by atoms with Crippen LogP contribution < -0.4 is 0 Å². The number of carbonyl (C=O) groups excluding carboxylic acids is 1. The van der Waals surface area contributed by atoms with Crippen molar-refractivity contribution in [3.63, 3.8) is 0 Å². The molecule has 1 fully saturated rings. The van der Waals surface area contributed by atoms with Crippen molar-refractivity contribution in [3.05, 3.63) is 0 Å². The molecule has 0 radical (unpaired) electrons. The summed E-state index contributed by atoms with van der Waals surface area (Å²) in [5.74, 6) is 0.656. The number of ether oxygens (including phenoxy) is 2. The lowest BCUT2D eigenvalue weighted by Gasteiger charge is -2.15. The summed E-state index contributed by atoms with van der Waals surface area (Å²) in [6.45, 7) is 7.54. The van der Waals surface area contributed by atoms with E-state index in [0.29, 0.717) is 6.61 Å². The van der Waals surface area contributed by atoms with Crippen LogP contribution in [0.15, 0.2) is 0 Å². The average molecular weight is 321 g/mol. The lowest BCUT2D eigenvalue weighted by atomic mass is 10.1. The number of hydrogen-bond acceptors (Lipinski definition) is 3. The Labute approximate surface area is 119 Å². The quantitative estimate of drug-likeness (QED) is 0.409. The van der Waals surface area contributed by atoms with Crippen LogP contribution in [-0.2, 0) is 14.3 Å². The largest absolute Gasteiger partial charge is 0.466 e. The maximum Gasteiger partial charge on any atom is 0.309 e. The number of halogens is 1. The minimum absolute atomic E-state index is 0.00410. The van der Waals surface area contributed by atoms with Gasteiger partial charge in [0.2, 0.25) is 0 Å². The molecule has 0 heterocycles. The van der Waals surface area contributed by atoms with Gasteiger partial charge in [0.15, 0.2) is 0 Å². The van der Waals surface area contributed by atoms with Crippen molar-refractivity contribution in [3.8, 4) is 0 Å². The van der Waals surface area contributed by atoms with Crippen molar-refractivity contribution >= 4 is 21.9 Å². The van der Waals surface area contributed by atoms with Crippen LogP contribution in [0.2, 0.25) is 0 Å². The summed E-state index contributed by atoms with van der Waals surface area (Å²) < 4.78 is 10.9. The normalized spacial score (nSPS) is 27.7. The van der Waals surface area contributed by atoms with E-state index in [1.54, 1.807) is 0 Å². The molecular weight excluding hydrogens is 296 g/mol. The summed E-state index contributed by atoms with van der Waals surface area (Å²) in [4.78, 5) is 11.9. The summed E-state index contributed by atoms with van der Waals surface area (Å²) in [5, 5.41) is 0. The van der Waals surface area contributed by atoms with Crippen molar-refractivity contribution in [1.82, 2.24) is 0 Å². The van der Waals surface area contributed by atoms with Crippen LogP contribution >= 0.6 is 15.9 Å². The minimum atomic E-state index is -0.0739. The molecule has 0 aliphatic heterocycles. The van der Waals surface area contributed by atoms with Gasteiger partial charge < -0.3 is 9.47 Å². The van der Waals surface area contributed by atoms with E-state index >= 15 is 0 Å². The SMILES string of the molecule is CCOC(=O)C1CC(Br)C(OCCCC(C)C)C1. The number of esters is 1. The molecule has 3 unspecified atom stereocenters. The molecule has 0 aromatic heterocycles. The molecular formula is C14H25BrO3. The van der Waals surface area contributed by atoms with Crippen LogP contribution in [0, 0.1) is 11.8 Å². The van der Waals surface area contributed by atoms with Crippen LogP contribution in [0.4, 0.5) is 0 Å². The lowest BCUT2D eigenvalue weighted by molar-refractivity contribution is -0.148. The van der Waals surface area contributed by atoms with E-state index in [-0.39, 0.29) is 22.8 Å². The predicted molar refractivity (Wildman–Crippen MR) is 75.9 cm³/mol. The molecule has 0 bridgehead atoms. The number of rotatable bonds is 7. The van der Waals surface area contributed by atoms with E-state index in [0.717, 1.165) is 31.8 Å². The molecule has 3 nitrogen and oxygen atoms in total. The fraction of sp³-hybridized carbons (Fsp3) is 0.929. The Morgan fingerprint density at radius 3 is 2.72 bits per heavy atom. The van der Waals surface area contributed by atoms with Gasteiger partial charge in [-0.1, -0.05) is 29.8 Å². The minimum Gasteiger partial charge on any atom is -0.466 e. The van der Waals surface area contributed by atoms with Crippen molar-refractivity contribution in [2.24, 2.45) is 11.8 Å². The first-order chi connectivity index (χ1) is 8.54.